The van der Waals surface area contributed by atoms with E-state index in [1.807, 2.05) is 18.2 Å². The van der Waals surface area contributed by atoms with Crippen molar-refractivity contribution < 1.29 is 14.3 Å². The number of benzene rings is 1. The van der Waals surface area contributed by atoms with Crippen LogP contribution in [0.2, 0.25) is 0 Å². The SMILES string of the molecule is Nc1ccc(C(=O)NCc2ccc3c(c2)OCO3)nn1. The van der Waals surface area contributed by atoms with Gasteiger partial charge in [0.15, 0.2) is 17.2 Å². The van der Waals surface area contributed by atoms with E-state index in [4.69, 9.17) is 15.2 Å². The number of nitrogens with two attached hydrogens (primary N) is 1. The van der Waals surface area contributed by atoms with Gasteiger partial charge < -0.3 is 20.5 Å². The number of hydrogen-bond acceptors (Lipinski definition) is 6. The summed E-state index contributed by atoms with van der Waals surface area (Å²) in [7, 11) is 0. The lowest BCUT2D eigenvalue weighted by atomic mass is 10.2. The third-order valence-electron chi connectivity index (χ3n) is 2.81. The molecule has 20 heavy (non-hydrogen) atoms. The van der Waals surface area contributed by atoms with Gasteiger partial charge in [-0.15, -0.1) is 10.2 Å². The number of carbonyl (C=O) groups excluding carboxylic acids is 1. The molecule has 0 atom stereocenters. The summed E-state index contributed by atoms with van der Waals surface area (Å²) in [5.41, 5.74) is 6.54. The van der Waals surface area contributed by atoms with Gasteiger partial charge in [0.25, 0.3) is 5.91 Å². The molecule has 7 heteroatoms. The summed E-state index contributed by atoms with van der Waals surface area (Å²) in [6, 6.07) is 8.56. The van der Waals surface area contributed by atoms with Gasteiger partial charge in [-0.05, 0) is 29.8 Å². The minimum atomic E-state index is -0.310. The Morgan fingerprint density at radius 3 is 2.85 bits per heavy atom. The summed E-state index contributed by atoms with van der Waals surface area (Å²) in [6.07, 6.45) is 0. The molecule has 1 aromatic carbocycles. The molecular weight excluding hydrogens is 260 g/mol. The fourth-order valence-electron chi connectivity index (χ4n) is 1.79. The van der Waals surface area contributed by atoms with Gasteiger partial charge >= 0.3 is 0 Å². The van der Waals surface area contributed by atoms with Crippen LogP contribution in [0.4, 0.5) is 5.82 Å². The van der Waals surface area contributed by atoms with Crippen molar-refractivity contribution in [3.63, 3.8) is 0 Å². The largest absolute Gasteiger partial charge is 0.454 e. The molecule has 0 aliphatic carbocycles. The van der Waals surface area contributed by atoms with Crippen molar-refractivity contribution in [2.24, 2.45) is 0 Å². The number of anilines is 1. The van der Waals surface area contributed by atoms with E-state index in [0.717, 1.165) is 5.56 Å². The molecule has 0 spiro atoms. The van der Waals surface area contributed by atoms with Crippen LogP contribution in [0.25, 0.3) is 0 Å². The number of nitrogens with one attached hydrogen (secondary N) is 1. The van der Waals surface area contributed by atoms with Crippen LogP contribution in [0.5, 0.6) is 11.5 Å². The van der Waals surface area contributed by atoms with E-state index in [0.29, 0.717) is 18.0 Å². The number of fused-ring (bicyclic) bond motifs is 1. The lowest BCUT2D eigenvalue weighted by Crippen LogP contribution is -2.24. The van der Waals surface area contributed by atoms with Crippen LogP contribution in [0, 0.1) is 0 Å². The van der Waals surface area contributed by atoms with Crippen LogP contribution < -0.4 is 20.5 Å². The van der Waals surface area contributed by atoms with Gasteiger partial charge in [-0.2, -0.15) is 0 Å². The summed E-state index contributed by atoms with van der Waals surface area (Å²) in [4.78, 5) is 11.9. The lowest BCUT2D eigenvalue weighted by molar-refractivity contribution is 0.0945. The van der Waals surface area contributed by atoms with Crippen LogP contribution in [0.3, 0.4) is 0 Å². The fraction of sp³-hybridized carbons (Fsp3) is 0.154. The smallest absolute Gasteiger partial charge is 0.272 e. The average Bonchev–Trinajstić information content (AvgIpc) is 2.93. The lowest BCUT2D eigenvalue weighted by Gasteiger charge is -2.05. The van der Waals surface area contributed by atoms with Crippen molar-refractivity contribution >= 4 is 11.7 Å². The Kier molecular flexibility index (Phi) is 3.08. The van der Waals surface area contributed by atoms with Gasteiger partial charge in [0.1, 0.15) is 5.82 Å². The van der Waals surface area contributed by atoms with Crippen LogP contribution in [-0.2, 0) is 6.54 Å². The van der Waals surface area contributed by atoms with Gasteiger partial charge in [-0.3, -0.25) is 4.79 Å². The second-order valence-electron chi connectivity index (χ2n) is 4.21. The van der Waals surface area contributed by atoms with Crippen LogP contribution in [0.15, 0.2) is 30.3 Å². The highest BCUT2D eigenvalue weighted by atomic mass is 16.7. The molecule has 0 unspecified atom stereocenters. The number of amides is 1. The number of hydrogen-bond donors (Lipinski definition) is 2. The highest BCUT2D eigenvalue weighted by molar-refractivity contribution is 5.92. The van der Waals surface area contributed by atoms with Crippen molar-refractivity contribution in [2.75, 3.05) is 12.5 Å². The van der Waals surface area contributed by atoms with Crippen molar-refractivity contribution in [1.82, 2.24) is 15.5 Å². The van der Waals surface area contributed by atoms with Crippen LogP contribution in [0.1, 0.15) is 16.1 Å². The summed E-state index contributed by atoms with van der Waals surface area (Å²) < 4.78 is 10.5. The van der Waals surface area contributed by atoms with Crippen molar-refractivity contribution in [2.45, 2.75) is 6.54 Å². The maximum absolute atomic E-state index is 11.9. The Labute approximate surface area is 114 Å². The zero-order valence-corrected chi connectivity index (χ0v) is 10.5. The Balaban J connectivity index is 1.64. The van der Waals surface area contributed by atoms with E-state index in [2.05, 4.69) is 15.5 Å². The second-order valence-corrected chi connectivity index (χ2v) is 4.21. The molecule has 3 rings (SSSR count). The third-order valence-corrected chi connectivity index (χ3v) is 2.81. The summed E-state index contributed by atoms with van der Waals surface area (Å²) in [5, 5.41) is 10.1. The van der Waals surface area contributed by atoms with E-state index >= 15 is 0 Å². The molecule has 0 saturated heterocycles. The molecule has 0 fully saturated rings. The summed E-state index contributed by atoms with van der Waals surface area (Å²) in [5.74, 6) is 1.36. The Bertz CT molecular complexity index is 643. The zero-order chi connectivity index (χ0) is 13.9. The molecule has 0 bridgehead atoms. The molecule has 1 aromatic heterocycles. The number of aromatic nitrogens is 2. The van der Waals surface area contributed by atoms with E-state index in [9.17, 15) is 4.79 Å². The first kappa shape index (κ1) is 12.2. The molecule has 7 nitrogen and oxygen atoms in total. The zero-order valence-electron chi connectivity index (χ0n) is 10.5. The van der Waals surface area contributed by atoms with Crippen LogP contribution >= 0.6 is 0 Å². The van der Waals surface area contributed by atoms with E-state index in [-0.39, 0.29) is 24.2 Å². The molecule has 102 valence electrons. The van der Waals surface area contributed by atoms with Gasteiger partial charge in [0, 0.05) is 6.54 Å². The number of nitrogens with zero attached hydrogens (tertiary/aromatic N) is 2. The summed E-state index contributed by atoms with van der Waals surface area (Å²) >= 11 is 0. The molecule has 1 aliphatic heterocycles. The monoisotopic (exact) mass is 272 g/mol. The average molecular weight is 272 g/mol. The highest BCUT2D eigenvalue weighted by Crippen LogP contribution is 2.32. The Morgan fingerprint density at radius 2 is 2.05 bits per heavy atom. The molecule has 0 radical (unpaired) electrons. The maximum Gasteiger partial charge on any atom is 0.272 e. The van der Waals surface area contributed by atoms with Crippen molar-refractivity contribution in [1.29, 1.82) is 0 Å². The molecule has 2 heterocycles. The molecule has 1 aliphatic rings. The minimum absolute atomic E-state index is 0.222. The molecule has 1 amide bonds. The molecular formula is C13H12N4O3. The quantitative estimate of drug-likeness (QED) is 0.854. The van der Waals surface area contributed by atoms with E-state index in [1.165, 1.54) is 12.1 Å². The van der Waals surface area contributed by atoms with Gasteiger partial charge in [0.2, 0.25) is 6.79 Å². The molecule has 0 saturated carbocycles. The van der Waals surface area contributed by atoms with Gasteiger partial charge in [-0.1, -0.05) is 6.07 Å². The Hall–Kier alpha value is -2.83. The van der Waals surface area contributed by atoms with E-state index < -0.39 is 0 Å². The van der Waals surface area contributed by atoms with Gasteiger partial charge in [-0.25, -0.2) is 0 Å². The Morgan fingerprint density at radius 1 is 1.20 bits per heavy atom. The maximum atomic E-state index is 11.9. The predicted octanol–water partition coefficient (Wildman–Crippen LogP) is 0.717. The number of carbonyl (C=O) groups is 1. The number of nitrogen functional groups attached to an aromatic ring is 1. The number of rotatable bonds is 3. The normalized spacial score (nSPS) is 12.2. The first-order chi connectivity index (χ1) is 9.72. The third kappa shape index (κ3) is 2.46. The highest BCUT2D eigenvalue weighted by Gasteiger charge is 2.14. The molecule has 2 aromatic rings. The minimum Gasteiger partial charge on any atom is -0.454 e. The van der Waals surface area contributed by atoms with Crippen LogP contribution in [-0.4, -0.2) is 22.9 Å². The first-order valence-electron chi connectivity index (χ1n) is 5.98. The number of ether oxygens (including phenoxy) is 2. The van der Waals surface area contributed by atoms with Crippen molar-refractivity contribution in [3.8, 4) is 11.5 Å². The fourth-order valence-corrected chi connectivity index (χ4v) is 1.79. The first-order valence-corrected chi connectivity index (χ1v) is 5.98. The predicted molar refractivity (Wildman–Crippen MR) is 70.2 cm³/mol. The topological polar surface area (TPSA) is 99.4 Å². The summed E-state index contributed by atoms with van der Waals surface area (Å²) in [6.45, 7) is 0.591. The van der Waals surface area contributed by atoms with Gasteiger partial charge in [0.05, 0.1) is 0 Å². The van der Waals surface area contributed by atoms with Crippen molar-refractivity contribution in [3.05, 3.63) is 41.6 Å². The second kappa shape index (κ2) is 5.04. The van der Waals surface area contributed by atoms with E-state index in [1.54, 1.807) is 0 Å². The standard InChI is InChI=1S/C13H12N4O3/c14-12-4-2-9(16-17-12)13(18)15-6-8-1-3-10-11(5-8)20-7-19-10/h1-5H,6-7H2,(H2,14,17)(H,15,18). The molecule has 3 N–H and O–H groups in total.